The monoisotopic (exact) mass is 314 g/mol. The van der Waals surface area contributed by atoms with E-state index in [1.165, 1.54) is 12.1 Å². The molecule has 2 aromatic carbocycles. The molecule has 0 saturated heterocycles. The third kappa shape index (κ3) is 4.57. The van der Waals surface area contributed by atoms with Gasteiger partial charge in [-0.1, -0.05) is 24.8 Å². The van der Waals surface area contributed by atoms with Crippen molar-refractivity contribution >= 4 is 11.6 Å². The molecule has 0 bridgehead atoms. The summed E-state index contributed by atoms with van der Waals surface area (Å²) in [6.07, 6.45) is 0. The van der Waals surface area contributed by atoms with Gasteiger partial charge in [0.1, 0.15) is 11.6 Å². The van der Waals surface area contributed by atoms with Crippen LogP contribution in [0.15, 0.2) is 49.0 Å². The molecule has 0 atom stereocenters. The zero-order valence-corrected chi connectivity index (χ0v) is 13.2. The summed E-state index contributed by atoms with van der Waals surface area (Å²) in [5, 5.41) is 0. The minimum Gasteiger partial charge on any atom is -0.483 e. The van der Waals surface area contributed by atoms with Crippen molar-refractivity contribution in [3.05, 3.63) is 71.6 Å². The molecule has 0 saturated carbocycles. The van der Waals surface area contributed by atoms with Crippen LogP contribution < -0.4 is 15.6 Å². The smallest absolute Gasteiger partial charge is 0.276 e. The highest BCUT2D eigenvalue weighted by Gasteiger charge is 2.07. The molecule has 5 heteroatoms. The molecular weight excluding hydrogens is 295 g/mol. The molecule has 23 heavy (non-hydrogen) atoms. The lowest BCUT2D eigenvalue weighted by Crippen LogP contribution is -2.39. The maximum absolute atomic E-state index is 12.9. The number of benzene rings is 2. The Hall–Kier alpha value is -2.82. The first kappa shape index (κ1) is 16.5. The molecule has 120 valence electrons. The van der Waals surface area contributed by atoms with Gasteiger partial charge in [0.25, 0.3) is 5.91 Å². The van der Waals surface area contributed by atoms with Crippen LogP contribution in [0.25, 0.3) is 5.70 Å². The van der Waals surface area contributed by atoms with Gasteiger partial charge in [0.05, 0.1) is 5.70 Å². The zero-order chi connectivity index (χ0) is 16.8. The molecule has 0 aliphatic rings. The fourth-order valence-corrected chi connectivity index (χ4v) is 2.07. The highest BCUT2D eigenvalue weighted by atomic mass is 19.1. The average molecular weight is 314 g/mol. The molecule has 0 aliphatic heterocycles. The van der Waals surface area contributed by atoms with Crippen LogP contribution in [-0.2, 0) is 4.79 Å². The quantitative estimate of drug-likeness (QED) is 0.806. The molecule has 4 nitrogen and oxygen atoms in total. The molecule has 0 radical (unpaired) electrons. The van der Waals surface area contributed by atoms with Gasteiger partial charge in [0.15, 0.2) is 6.61 Å². The van der Waals surface area contributed by atoms with Gasteiger partial charge in [-0.25, -0.2) is 4.39 Å². The van der Waals surface area contributed by atoms with Crippen LogP contribution in [0.2, 0.25) is 0 Å². The summed E-state index contributed by atoms with van der Waals surface area (Å²) in [5.74, 6) is 0.0449. The van der Waals surface area contributed by atoms with Gasteiger partial charge in [-0.15, -0.1) is 0 Å². The van der Waals surface area contributed by atoms with Gasteiger partial charge >= 0.3 is 0 Å². The van der Waals surface area contributed by atoms with E-state index < -0.39 is 0 Å². The highest BCUT2D eigenvalue weighted by molar-refractivity contribution is 5.78. The Labute approximate surface area is 134 Å². The number of ether oxygens (including phenoxy) is 1. The van der Waals surface area contributed by atoms with E-state index in [1.54, 1.807) is 12.1 Å². The second-order valence-electron chi connectivity index (χ2n) is 5.17. The molecule has 0 heterocycles. The molecular formula is C18H19FN2O2. The molecule has 0 spiro atoms. The normalized spacial score (nSPS) is 10.0. The first-order valence-corrected chi connectivity index (χ1v) is 7.16. The summed E-state index contributed by atoms with van der Waals surface area (Å²) in [6.45, 7) is 7.52. The number of carbonyl (C=O) groups excluding carboxylic acids is 1. The largest absolute Gasteiger partial charge is 0.483 e. The number of halogens is 1. The number of aryl methyl sites for hydroxylation is 2. The SMILES string of the molecule is C=C(NNC(=O)COc1c(C)cccc1C)c1ccc(F)cc1. The summed E-state index contributed by atoms with van der Waals surface area (Å²) in [7, 11) is 0. The Morgan fingerprint density at radius 1 is 1.09 bits per heavy atom. The van der Waals surface area contributed by atoms with Gasteiger partial charge < -0.3 is 4.74 Å². The summed E-state index contributed by atoms with van der Waals surface area (Å²) >= 11 is 0. The van der Waals surface area contributed by atoms with Crippen LogP contribution in [0.5, 0.6) is 5.75 Å². The Balaban J connectivity index is 1.83. The van der Waals surface area contributed by atoms with Crippen LogP contribution in [0.1, 0.15) is 16.7 Å². The molecule has 0 aromatic heterocycles. The lowest BCUT2D eigenvalue weighted by Gasteiger charge is -2.14. The second-order valence-corrected chi connectivity index (χ2v) is 5.17. The van der Waals surface area contributed by atoms with Crippen molar-refractivity contribution in [2.45, 2.75) is 13.8 Å². The Kier molecular flexibility index (Phi) is 5.36. The van der Waals surface area contributed by atoms with E-state index in [9.17, 15) is 9.18 Å². The number of amides is 1. The Bertz CT molecular complexity index is 691. The standard InChI is InChI=1S/C18H19FN2O2/c1-12-5-4-6-13(2)18(12)23-11-17(22)21-20-14(3)15-7-9-16(19)10-8-15/h4-10,20H,3,11H2,1-2H3,(H,21,22). The predicted octanol–water partition coefficient (Wildman–Crippen LogP) is 3.11. The van der Waals surface area contributed by atoms with Crippen molar-refractivity contribution in [2.24, 2.45) is 0 Å². The highest BCUT2D eigenvalue weighted by Crippen LogP contribution is 2.21. The van der Waals surface area contributed by atoms with Crippen molar-refractivity contribution in [1.29, 1.82) is 0 Å². The number of para-hydroxylation sites is 1. The van der Waals surface area contributed by atoms with Crippen molar-refractivity contribution in [2.75, 3.05) is 6.61 Å². The van der Waals surface area contributed by atoms with Gasteiger partial charge in [-0.05, 0) is 54.8 Å². The third-order valence-corrected chi connectivity index (χ3v) is 3.30. The van der Waals surface area contributed by atoms with Gasteiger partial charge in [-0.3, -0.25) is 15.6 Å². The maximum atomic E-state index is 12.9. The lowest BCUT2D eigenvalue weighted by atomic mass is 10.1. The number of hydrazine groups is 1. The average Bonchev–Trinajstić information content (AvgIpc) is 2.53. The summed E-state index contributed by atoms with van der Waals surface area (Å²) in [4.78, 5) is 11.8. The number of nitrogens with one attached hydrogen (secondary N) is 2. The fourth-order valence-electron chi connectivity index (χ4n) is 2.07. The number of hydrogen-bond donors (Lipinski definition) is 2. The van der Waals surface area contributed by atoms with Gasteiger partial charge in [0.2, 0.25) is 0 Å². The van der Waals surface area contributed by atoms with Crippen molar-refractivity contribution in [1.82, 2.24) is 10.9 Å². The number of hydrogen-bond acceptors (Lipinski definition) is 3. The lowest BCUT2D eigenvalue weighted by molar-refractivity contribution is -0.123. The van der Waals surface area contributed by atoms with Crippen LogP contribution in [0.4, 0.5) is 4.39 Å². The fraction of sp³-hybridized carbons (Fsp3) is 0.167. The molecule has 2 aromatic rings. The van der Waals surface area contributed by atoms with E-state index in [1.807, 2.05) is 32.0 Å². The Morgan fingerprint density at radius 3 is 2.30 bits per heavy atom. The molecule has 0 unspecified atom stereocenters. The van der Waals surface area contributed by atoms with Crippen LogP contribution >= 0.6 is 0 Å². The molecule has 2 N–H and O–H groups in total. The first-order valence-electron chi connectivity index (χ1n) is 7.16. The second kappa shape index (κ2) is 7.45. The zero-order valence-electron chi connectivity index (χ0n) is 13.2. The van der Waals surface area contributed by atoms with E-state index in [0.717, 1.165) is 11.1 Å². The molecule has 1 amide bonds. The summed E-state index contributed by atoms with van der Waals surface area (Å²) in [6, 6.07) is 11.6. The number of rotatable bonds is 6. The topological polar surface area (TPSA) is 50.4 Å². The number of carbonyl (C=O) groups is 1. The Morgan fingerprint density at radius 2 is 1.70 bits per heavy atom. The van der Waals surface area contributed by atoms with E-state index in [4.69, 9.17) is 4.74 Å². The van der Waals surface area contributed by atoms with E-state index in [2.05, 4.69) is 17.4 Å². The van der Waals surface area contributed by atoms with E-state index in [-0.39, 0.29) is 18.3 Å². The third-order valence-electron chi connectivity index (χ3n) is 3.30. The molecule has 0 aliphatic carbocycles. The van der Waals surface area contributed by atoms with Crippen LogP contribution in [0, 0.1) is 19.7 Å². The van der Waals surface area contributed by atoms with Gasteiger partial charge in [0, 0.05) is 0 Å². The maximum Gasteiger partial charge on any atom is 0.276 e. The first-order chi connectivity index (χ1) is 11.0. The summed E-state index contributed by atoms with van der Waals surface area (Å²) < 4.78 is 18.4. The van der Waals surface area contributed by atoms with E-state index in [0.29, 0.717) is 17.0 Å². The van der Waals surface area contributed by atoms with Gasteiger partial charge in [-0.2, -0.15) is 0 Å². The predicted molar refractivity (Wildman–Crippen MR) is 88.1 cm³/mol. The van der Waals surface area contributed by atoms with Crippen molar-refractivity contribution in [3.63, 3.8) is 0 Å². The van der Waals surface area contributed by atoms with E-state index >= 15 is 0 Å². The molecule has 2 rings (SSSR count). The minimum atomic E-state index is -0.337. The summed E-state index contributed by atoms with van der Waals surface area (Å²) in [5.41, 5.74) is 8.28. The molecule has 0 fully saturated rings. The van der Waals surface area contributed by atoms with Crippen molar-refractivity contribution < 1.29 is 13.9 Å². The minimum absolute atomic E-state index is 0.116. The van der Waals surface area contributed by atoms with Crippen LogP contribution in [-0.4, -0.2) is 12.5 Å². The van der Waals surface area contributed by atoms with Crippen molar-refractivity contribution in [3.8, 4) is 5.75 Å². The van der Waals surface area contributed by atoms with Crippen LogP contribution in [0.3, 0.4) is 0 Å².